The highest BCUT2D eigenvalue weighted by atomic mass is 35.5. The Labute approximate surface area is 238 Å². The van der Waals surface area contributed by atoms with Crippen LogP contribution in [0.15, 0.2) is 77.7 Å². The van der Waals surface area contributed by atoms with Gasteiger partial charge in [-0.15, -0.1) is 0 Å². The van der Waals surface area contributed by atoms with Gasteiger partial charge >= 0.3 is 0 Å². The van der Waals surface area contributed by atoms with E-state index >= 15 is 0 Å². The minimum atomic E-state index is -4.22. The van der Waals surface area contributed by atoms with Gasteiger partial charge in [-0.1, -0.05) is 66.9 Å². The molecule has 0 fully saturated rings. The summed E-state index contributed by atoms with van der Waals surface area (Å²) < 4.78 is 41.9. The van der Waals surface area contributed by atoms with Crippen LogP contribution in [0.3, 0.4) is 0 Å². The molecular formula is C28H30Cl2FN3O4S. The third-order valence-corrected chi connectivity index (χ3v) is 8.59. The Morgan fingerprint density at radius 3 is 2.26 bits per heavy atom. The maximum absolute atomic E-state index is 13.8. The molecule has 0 aliphatic carbocycles. The van der Waals surface area contributed by atoms with Gasteiger partial charge in [0.1, 0.15) is 18.4 Å². The largest absolute Gasteiger partial charge is 0.354 e. The number of nitrogens with one attached hydrogen (secondary N) is 1. The normalized spacial score (nSPS) is 12.0. The van der Waals surface area contributed by atoms with Gasteiger partial charge in [-0.2, -0.15) is 0 Å². The lowest BCUT2D eigenvalue weighted by molar-refractivity contribution is -0.139. The zero-order valence-electron chi connectivity index (χ0n) is 21.6. The van der Waals surface area contributed by atoms with Crippen molar-refractivity contribution >= 4 is 50.7 Å². The highest BCUT2D eigenvalue weighted by molar-refractivity contribution is 7.92. The highest BCUT2D eigenvalue weighted by Gasteiger charge is 2.32. The van der Waals surface area contributed by atoms with Gasteiger partial charge in [0.15, 0.2) is 0 Å². The SMILES string of the molecule is CCCCNC(=O)C(C)N(Cc1ccc(F)cc1)C(=O)CN(c1ccc(Cl)c(Cl)c1)S(=O)(=O)c1ccccc1. The molecule has 39 heavy (non-hydrogen) atoms. The van der Waals surface area contributed by atoms with Crippen molar-refractivity contribution in [3.63, 3.8) is 0 Å². The van der Waals surface area contributed by atoms with Crippen LogP contribution < -0.4 is 9.62 Å². The van der Waals surface area contributed by atoms with Gasteiger partial charge in [-0.25, -0.2) is 12.8 Å². The van der Waals surface area contributed by atoms with Crippen LogP contribution in [0.5, 0.6) is 0 Å². The minimum absolute atomic E-state index is 0.0284. The van der Waals surface area contributed by atoms with Crippen LogP contribution in [0, 0.1) is 5.82 Å². The average molecular weight is 595 g/mol. The fraction of sp³-hybridized carbons (Fsp3) is 0.286. The van der Waals surface area contributed by atoms with E-state index in [0.717, 1.165) is 17.1 Å². The topological polar surface area (TPSA) is 86.8 Å². The number of unbranched alkanes of at least 4 members (excludes halogenated alkanes) is 1. The van der Waals surface area contributed by atoms with Crippen LogP contribution in [0.2, 0.25) is 10.0 Å². The van der Waals surface area contributed by atoms with Crippen LogP contribution in [-0.2, 0) is 26.2 Å². The first-order valence-corrected chi connectivity index (χ1v) is 14.6. The molecule has 0 saturated heterocycles. The molecule has 1 unspecified atom stereocenters. The fourth-order valence-electron chi connectivity index (χ4n) is 3.79. The maximum Gasteiger partial charge on any atom is 0.264 e. The van der Waals surface area contributed by atoms with E-state index in [1.54, 1.807) is 25.1 Å². The number of amides is 2. The Bertz CT molecular complexity index is 1390. The van der Waals surface area contributed by atoms with Crippen LogP contribution >= 0.6 is 23.2 Å². The first-order valence-electron chi connectivity index (χ1n) is 12.4. The first-order chi connectivity index (χ1) is 18.5. The van der Waals surface area contributed by atoms with Crippen molar-refractivity contribution in [3.8, 4) is 0 Å². The summed E-state index contributed by atoms with van der Waals surface area (Å²) in [6.45, 7) is 3.34. The number of nitrogens with zero attached hydrogens (tertiary/aromatic N) is 2. The second-order valence-electron chi connectivity index (χ2n) is 8.89. The zero-order chi connectivity index (χ0) is 28.6. The lowest BCUT2D eigenvalue weighted by Gasteiger charge is -2.32. The van der Waals surface area contributed by atoms with Crippen LogP contribution in [0.25, 0.3) is 0 Å². The molecule has 0 aromatic heterocycles. The molecule has 0 aliphatic rings. The van der Waals surface area contributed by atoms with Crippen molar-refractivity contribution in [1.29, 1.82) is 0 Å². The second kappa shape index (κ2) is 13.8. The van der Waals surface area contributed by atoms with E-state index in [1.165, 1.54) is 59.5 Å². The Morgan fingerprint density at radius 2 is 1.64 bits per heavy atom. The van der Waals surface area contributed by atoms with E-state index in [2.05, 4.69) is 5.32 Å². The molecule has 2 amide bonds. The summed E-state index contributed by atoms with van der Waals surface area (Å²) in [6, 6.07) is 16.5. The standard InChI is InChI=1S/C28H30Cl2FN3O4S/c1-3-4-16-32-28(36)20(2)33(18-21-10-12-22(31)13-11-21)27(35)19-34(23-14-15-25(29)26(30)17-23)39(37,38)24-8-6-5-7-9-24/h5-15,17,20H,3-4,16,18-19H2,1-2H3,(H,32,36). The number of halogens is 3. The number of anilines is 1. The summed E-state index contributed by atoms with van der Waals surface area (Å²) in [5.41, 5.74) is 0.702. The third kappa shape index (κ3) is 7.94. The molecule has 1 N–H and O–H groups in total. The highest BCUT2D eigenvalue weighted by Crippen LogP contribution is 2.31. The number of benzene rings is 3. The van der Waals surface area contributed by atoms with Gasteiger partial charge in [0.05, 0.1) is 20.6 Å². The summed E-state index contributed by atoms with van der Waals surface area (Å²) in [4.78, 5) is 28.0. The van der Waals surface area contributed by atoms with E-state index in [0.29, 0.717) is 12.1 Å². The van der Waals surface area contributed by atoms with E-state index in [1.807, 2.05) is 6.92 Å². The van der Waals surface area contributed by atoms with Crippen molar-refractivity contribution in [3.05, 3.63) is 94.2 Å². The molecule has 0 bridgehead atoms. The molecule has 208 valence electrons. The van der Waals surface area contributed by atoms with E-state index < -0.39 is 34.3 Å². The molecule has 3 aromatic carbocycles. The Balaban J connectivity index is 2.00. The predicted octanol–water partition coefficient (Wildman–Crippen LogP) is 5.66. The third-order valence-electron chi connectivity index (χ3n) is 6.06. The molecule has 7 nitrogen and oxygen atoms in total. The monoisotopic (exact) mass is 593 g/mol. The lowest BCUT2D eigenvalue weighted by Crippen LogP contribution is -2.51. The second-order valence-corrected chi connectivity index (χ2v) is 11.6. The first kappa shape index (κ1) is 30.4. The van der Waals surface area contributed by atoms with Gasteiger partial charge in [0, 0.05) is 13.1 Å². The molecule has 0 saturated carbocycles. The van der Waals surface area contributed by atoms with E-state index in [9.17, 15) is 22.4 Å². The Morgan fingerprint density at radius 1 is 0.974 bits per heavy atom. The molecule has 0 heterocycles. The van der Waals surface area contributed by atoms with Crippen molar-refractivity contribution in [2.75, 3.05) is 17.4 Å². The summed E-state index contributed by atoms with van der Waals surface area (Å²) in [7, 11) is -4.22. The molecule has 1 atom stereocenters. The van der Waals surface area contributed by atoms with Gasteiger partial charge < -0.3 is 10.2 Å². The fourth-order valence-corrected chi connectivity index (χ4v) is 5.51. The number of sulfonamides is 1. The number of carbonyl (C=O) groups excluding carboxylic acids is 2. The molecule has 11 heteroatoms. The van der Waals surface area contributed by atoms with Crippen molar-refractivity contribution < 1.29 is 22.4 Å². The average Bonchev–Trinajstić information content (AvgIpc) is 2.93. The lowest BCUT2D eigenvalue weighted by atomic mass is 10.1. The smallest absolute Gasteiger partial charge is 0.264 e. The van der Waals surface area contributed by atoms with Gasteiger partial charge in [0.2, 0.25) is 11.8 Å². The van der Waals surface area contributed by atoms with E-state index in [-0.39, 0.29) is 33.1 Å². The number of carbonyl (C=O) groups is 2. The van der Waals surface area contributed by atoms with Crippen molar-refractivity contribution in [2.45, 2.75) is 44.2 Å². The van der Waals surface area contributed by atoms with E-state index in [4.69, 9.17) is 23.2 Å². The molecular weight excluding hydrogens is 564 g/mol. The minimum Gasteiger partial charge on any atom is -0.354 e. The Hall–Kier alpha value is -3.14. The molecule has 0 radical (unpaired) electrons. The van der Waals surface area contributed by atoms with Gasteiger partial charge in [0.25, 0.3) is 10.0 Å². The number of hydrogen-bond acceptors (Lipinski definition) is 4. The van der Waals surface area contributed by atoms with Crippen LogP contribution in [0.1, 0.15) is 32.3 Å². The molecule has 0 spiro atoms. The van der Waals surface area contributed by atoms with Crippen molar-refractivity contribution in [1.82, 2.24) is 10.2 Å². The quantitative estimate of drug-likeness (QED) is 0.274. The van der Waals surface area contributed by atoms with Crippen LogP contribution in [0.4, 0.5) is 10.1 Å². The van der Waals surface area contributed by atoms with Gasteiger partial charge in [-0.05, 0) is 61.4 Å². The summed E-state index contributed by atoms with van der Waals surface area (Å²) in [5, 5.41) is 3.15. The molecule has 0 aliphatic heterocycles. The maximum atomic E-state index is 13.8. The van der Waals surface area contributed by atoms with Crippen molar-refractivity contribution in [2.24, 2.45) is 0 Å². The zero-order valence-corrected chi connectivity index (χ0v) is 23.9. The summed E-state index contributed by atoms with van der Waals surface area (Å²) >= 11 is 12.2. The van der Waals surface area contributed by atoms with Crippen LogP contribution in [-0.4, -0.2) is 44.3 Å². The number of hydrogen-bond donors (Lipinski definition) is 1. The molecule has 3 rings (SSSR count). The summed E-state index contributed by atoms with van der Waals surface area (Å²) in [6.07, 6.45) is 1.65. The number of rotatable bonds is 12. The molecule has 3 aromatic rings. The predicted molar refractivity (Wildman–Crippen MR) is 152 cm³/mol. The summed E-state index contributed by atoms with van der Waals surface area (Å²) in [5.74, 6) is -1.46. The van der Waals surface area contributed by atoms with Gasteiger partial charge in [-0.3, -0.25) is 13.9 Å². The Kier molecular flexibility index (Phi) is 10.7.